The molecule has 3 heteroatoms. The number of hydrogen-bond acceptors (Lipinski definition) is 2. The second-order valence-corrected chi connectivity index (χ2v) is 5.37. The molecule has 10 heavy (non-hydrogen) atoms. The van der Waals surface area contributed by atoms with Crippen molar-refractivity contribution in [2.45, 2.75) is 13.8 Å². The normalized spacial score (nSPS) is 16.3. The summed E-state index contributed by atoms with van der Waals surface area (Å²) in [6.07, 6.45) is 1.11. The van der Waals surface area contributed by atoms with Gasteiger partial charge in [-0.2, -0.15) is 0 Å². The first-order valence-electron chi connectivity index (χ1n) is 3.32. The maximum absolute atomic E-state index is 11.5. The maximum Gasteiger partial charge on any atom is 0.206 e. The van der Waals surface area contributed by atoms with Crippen LogP contribution in [0.3, 0.4) is 0 Å². The van der Waals surface area contributed by atoms with Crippen molar-refractivity contribution in [3.63, 3.8) is 0 Å². The van der Waals surface area contributed by atoms with Gasteiger partial charge in [-0.3, -0.25) is 4.57 Å². The lowest BCUT2D eigenvalue weighted by Gasteiger charge is -2.12. The molecule has 0 N–H and O–H groups in total. The van der Waals surface area contributed by atoms with E-state index >= 15 is 0 Å². The molecule has 1 unspecified atom stereocenters. The van der Waals surface area contributed by atoms with Crippen LogP contribution < -0.4 is 0 Å². The zero-order valence-corrected chi connectivity index (χ0v) is 7.78. The summed E-state index contributed by atoms with van der Waals surface area (Å²) in [5.74, 6) is 0. The summed E-state index contributed by atoms with van der Waals surface area (Å²) in [6, 6.07) is 0. The van der Waals surface area contributed by atoms with Crippen molar-refractivity contribution in [3.05, 3.63) is 12.2 Å². The topological polar surface area (TPSA) is 26.3 Å². The fraction of sp³-hybridized carbons (Fsp3) is 0.714. The van der Waals surface area contributed by atoms with Crippen molar-refractivity contribution < 1.29 is 9.09 Å². The van der Waals surface area contributed by atoms with E-state index in [-0.39, 0.29) is 0 Å². The highest BCUT2D eigenvalue weighted by Gasteiger charge is 2.17. The fourth-order valence-electron chi connectivity index (χ4n) is 0.717. The van der Waals surface area contributed by atoms with Crippen molar-refractivity contribution in [2.75, 3.05) is 19.4 Å². The maximum atomic E-state index is 11.5. The molecule has 0 heterocycles. The highest BCUT2D eigenvalue weighted by molar-refractivity contribution is 7.59. The molecule has 2 nitrogen and oxygen atoms in total. The van der Waals surface area contributed by atoms with Gasteiger partial charge in [-0.1, -0.05) is 19.1 Å². The highest BCUT2D eigenvalue weighted by atomic mass is 31.2. The minimum atomic E-state index is -2.34. The lowest BCUT2D eigenvalue weighted by atomic mass is 10.4. The van der Waals surface area contributed by atoms with Crippen molar-refractivity contribution in [1.29, 1.82) is 0 Å². The van der Waals surface area contributed by atoms with Crippen LogP contribution in [0.2, 0.25) is 0 Å². The van der Waals surface area contributed by atoms with E-state index in [0.717, 1.165) is 5.57 Å². The summed E-state index contributed by atoms with van der Waals surface area (Å²) in [5, 5.41) is 0. The second kappa shape index (κ2) is 3.95. The van der Waals surface area contributed by atoms with E-state index in [0.29, 0.717) is 12.3 Å². The molecular weight excluding hydrogens is 147 g/mol. The zero-order chi connectivity index (χ0) is 8.20. The predicted molar refractivity (Wildman–Crippen MR) is 44.8 cm³/mol. The molecule has 0 fully saturated rings. The van der Waals surface area contributed by atoms with Gasteiger partial charge in [0.2, 0.25) is 7.37 Å². The van der Waals surface area contributed by atoms with E-state index in [2.05, 4.69) is 6.58 Å². The summed E-state index contributed by atoms with van der Waals surface area (Å²) >= 11 is 0. The minimum Gasteiger partial charge on any atom is -0.332 e. The Labute approximate surface area is 62.7 Å². The second-order valence-electron chi connectivity index (χ2n) is 2.43. The molecule has 0 saturated heterocycles. The van der Waals surface area contributed by atoms with Crippen LogP contribution in [0.25, 0.3) is 0 Å². The Kier molecular flexibility index (Phi) is 3.92. The Morgan fingerprint density at radius 2 is 2.20 bits per heavy atom. The van der Waals surface area contributed by atoms with Crippen LogP contribution in [0.5, 0.6) is 0 Å². The third-order valence-corrected chi connectivity index (χ3v) is 3.98. The van der Waals surface area contributed by atoms with Gasteiger partial charge >= 0.3 is 0 Å². The largest absolute Gasteiger partial charge is 0.332 e. The van der Waals surface area contributed by atoms with Crippen molar-refractivity contribution in [3.8, 4) is 0 Å². The van der Waals surface area contributed by atoms with E-state index in [1.54, 1.807) is 0 Å². The molecule has 0 aliphatic rings. The van der Waals surface area contributed by atoms with Gasteiger partial charge in [-0.05, 0) is 6.92 Å². The molecule has 0 aromatic carbocycles. The van der Waals surface area contributed by atoms with Crippen LogP contribution in [-0.4, -0.2) is 19.4 Å². The number of allylic oxidation sites excluding steroid dienone is 1. The van der Waals surface area contributed by atoms with E-state index in [9.17, 15) is 4.57 Å². The quantitative estimate of drug-likeness (QED) is 0.469. The van der Waals surface area contributed by atoms with Gasteiger partial charge in [-0.15, -0.1) is 0 Å². The first kappa shape index (κ1) is 9.93. The van der Waals surface area contributed by atoms with Crippen LogP contribution in [0.4, 0.5) is 0 Å². The molecule has 0 aromatic rings. The van der Waals surface area contributed by atoms with Crippen molar-refractivity contribution in [1.82, 2.24) is 0 Å². The lowest BCUT2D eigenvalue weighted by molar-refractivity contribution is 0.396. The predicted octanol–water partition coefficient (Wildman–Crippen LogP) is 2.51. The summed E-state index contributed by atoms with van der Waals surface area (Å²) in [6.45, 7) is 7.41. The van der Waals surface area contributed by atoms with Crippen LogP contribution in [0.15, 0.2) is 12.2 Å². The highest BCUT2D eigenvalue weighted by Crippen LogP contribution is 2.46. The van der Waals surface area contributed by atoms with Gasteiger partial charge in [0, 0.05) is 19.4 Å². The van der Waals surface area contributed by atoms with E-state index in [4.69, 9.17) is 4.52 Å². The van der Waals surface area contributed by atoms with Crippen LogP contribution >= 0.6 is 7.37 Å². The van der Waals surface area contributed by atoms with E-state index < -0.39 is 7.37 Å². The SMILES string of the molecule is C=C(C)CP(=O)(CC)OC. The number of hydrogen-bond donors (Lipinski definition) is 0. The average Bonchev–Trinajstić information content (AvgIpc) is 1.87. The summed E-state index contributed by atoms with van der Waals surface area (Å²) in [4.78, 5) is 0. The molecule has 60 valence electrons. The van der Waals surface area contributed by atoms with Gasteiger partial charge in [0.15, 0.2) is 0 Å². The zero-order valence-electron chi connectivity index (χ0n) is 6.89. The first-order valence-corrected chi connectivity index (χ1v) is 5.32. The third-order valence-electron chi connectivity index (χ3n) is 1.33. The summed E-state index contributed by atoms with van der Waals surface area (Å²) in [5.41, 5.74) is 0.923. The third kappa shape index (κ3) is 3.19. The van der Waals surface area contributed by atoms with Gasteiger partial charge in [0.05, 0.1) is 0 Å². The molecule has 0 saturated carbocycles. The Hall–Kier alpha value is -0.0700. The molecule has 0 bridgehead atoms. The molecular formula is C7H15O2P. The molecule has 0 aliphatic carbocycles. The molecule has 0 aliphatic heterocycles. The summed E-state index contributed by atoms with van der Waals surface area (Å²) in [7, 11) is -0.844. The van der Waals surface area contributed by atoms with Gasteiger partial charge in [-0.25, -0.2) is 0 Å². The molecule has 0 radical (unpaired) electrons. The van der Waals surface area contributed by atoms with Gasteiger partial charge in [0.25, 0.3) is 0 Å². The number of rotatable bonds is 4. The van der Waals surface area contributed by atoms with Crippen LogP contribution in [0, 0.1) is 0 Å². The smallest absolute Gasteiger partial charge is 0.206 e. The monoisotopic (exact) mass is 162 g/mol. The lowest BCUT2D eigenvalue weighted by Crippen LogP contribution is -1.95. The Morgan fingerprint density at radius 3 is 2.30 bits per heavy atom. The first-order chi connectivity index (χ1) is 4.54. The van der Waals surface area contributed by atoms with Crippen LogP contribution in [0.1, 0.15) is 13.8 Å². The Bertz CT molecular complexity index is 155. The van der Waals surface area contributed by atoms with E-state index in [1.807, 2.05) is 13.8 Å². The molecule has 0 aromatic heterocycles. The molecule has 1 atom stereocenters. The van der Waals surface area contributed by atoms with Crippen LogP contribution in [-0.2, 0) is 9.09 Å². The van der Waals surface area contributed by atoms with Gasteiger partial charge in [0.1, 0.15) is 0 Å². The fourth-order valence-corrected chi connectivity index (χ4v) is 2.15. The Balaban J connectivity index is 4.07. The Morgan fingerprint density at radius 1 is 1.70 bits per heavy atom. The van der Waals surface area contributed by atoms with Gasteiger partial charge < -0.3 is 4.52 Å². The molecule has 0 amide bonds. The van der Waals surface area contributed by atoms with E-state index in [1.165, 1.54) is 7.11 Å². The minimum absolute atomic E-state index is 0.514. The summed E-state index contributed by atoms with van der Waals surface area (Å²) < 4.78 is 16.4. The standard InChI is InChI=1S/C7H15O2P/c1-5-10(8,9-4)6-7(2)3/h2,5-6H2,1,3-4H3. The molecule has 0 rings (SSSR count). The molecule has 0 spiro atoms. The van der Waals surface area contributed by atoms with Crippen molar-refractivity contribution in [2.24, 2.45) is 0 Å². The van der Waals surface area contributed by atoms with Crippen molar-refractivity contribution >= 4 is 7.37 Å². The average molecular weight is 162 g/mol.